The summed E-state index contributed by atoms with van der Waals surface area (Å²) in [4.78, 5) is 40.0. The Kier molecular flexibility index (Phi) is 5.15. The Hall–Kier alpha value is -3.83. The zero-order valence-corrected chi connectivity index (χ0v) is 18.7. The average Bonchev–Trinajstić information content (AvgIpc) is 3.09. The number of hydrogen-bond acceptors (Lipinski definition) is 5. The molecule has 2 saturated carbocycles. The number of aromatic amines is 2. The van der Waals surface area contributed by atoms with Gasteiger partial charge in [-0.1, -0.05) is 24.3 Å². The topological polar surface area (TPSA) is 139 Å². The van der Waals surface area contributed by atoms with Gasteiger partial charge < -0.3 is 16.0 Å². The molecule has 1 amide bonds. The summed E-state index contributed by atoms with van der Waals surface area (Å²) in [5.74, 6) is -0.331. The molecule has 2 fully saturated rings. The van der Waals surface area contributed by atoms with Crippen molar-refractivity contribution >= 4 is 11.6 Å². The number of aryl methyl sites for hydroxylation is 1. The van der Waals surface area contributed by atoms with Crippen LogP contribution in [0.5, 0.6) is 0 Å². The molecule has 0 radical (unpaired) electrons. The Bertz CT molecular complexity index is 1420. The third-order valence-corrected chi connectivity index (χ3v) is 7.19. The van der Waals surface area contributed by atoms with Gasteiger partial charge in [-0.05, 0) is 54.2 Å². The minimum absolute atomic E-state index is 0.0566. The first-order valence-electron chi connectivity index (χ1n) is 11.1. The van der Waals surface area contributed by atoms with E-state index in [9.17, 15) is 27.6 Å². The summed E-state index contributed by atoms with van der Waals surface area (Å²) >= 11 is 0. The van der Waals surface area contributed by atoms with E-state index in [2.05, 4.69) is 15.4 Å². The Labute approximate surface area is 196 Å². The van der Waals surface area contributed by atoms with Crippen LogP contribution < -0.4 is 22.3 Å². The molecule has 35 heavy (non-hydrogen) atoms. The van der Waals surface area contributed by atoms with E-state index in [1.165, 1.54) is 11.7 Å². The van der Waals surface area contributed by atoms with Crippen molar-refractivity contribution in [2.24, 2.45) is 12.5 Å². The SMILES string of the molecule is Cn1nc(C(F)(F)F)cc1-c1ccc([C@H]2CCC3(CC3NC(=O)c3[nH]c(=O)[nH]c(=O)c3N)C2)cc1. The van der Waals surface area contributed by atoms with Gasteiger partial charge in [0.25, 0.3) is 11.5 Å². The number of amides is 1. The van der Waals surface area contributed by atoms with Gasteiger partial charge in [0.2, 0.25) is 0 Å². The summed E-state index contributed by atoms with van der Waals surface area (Å²) in [5, 5.41) is 6.44. The van der Waals surface area contributed by atoms with Crippen molar-refractivity contribution in [3.05, 3.63) is 68.1 Å². The van der Waals surface area contributed by atoms with Crippen molar-refractivity contribution in [3.8, 4) is 11.3 Å². The van der Waals surface area contributed by atoms with Crippen molar-refractivity contribution in [2.75, 3.05) is 5.73 Å². The van der Waals surface area contributed by atoms with Crippen LogP contribution in [0.1, 0.15) is 53.3 Å². The first-order chi connectivity index (χ1) is 16.5. The standard InChI is InChI=1S/C23H23F3N6O3/c1-32-14(8-15(31-32)23(24,25)26)12-4-2-11(3-5-12)13-6-7-22(9-13)10-16(22)28-20(34)18-17(27)19(33)30-21(35)29-18/h2-5,8,13,16H,6-7,9-10,27H2,1H3,(H,28,34)(H2,29,30,33,35)/t13-,16?,22?/m0/s1. The molecule has 1 aromatic carbocycles. The number of halogens is 3. The highest BCUT2D eigenvalue weighted by Crippen LogP contribution is 2.61. The maximum Gasteiger partial charge on any atom is 0.435 e. The Morgan fingerprint density at radius 1 is 1.20 bits per heavy atom. The first-order valence-corrected chi connectivity index (χ1v) is 11.1. The molecule has 184 valence electrons. The summed E-state index contributed by atoms with van der Waals surface area (Å²) in [6.45, 7) is 0. The summed E-state index contributed by atoms with van der Waals surface area (Å²) in [7, 11) is 1.48. The Balaban J connectivity index is 1.25. The fourth-order valence-electron chi connectivity index (χ4n) is 5.20. The van der Waals surface area contributed by atoms with E-state index < -0.39 is 29.0 Å². The fraction of sp³-hybridized carbons (Fsp3) is 0.391. The normalized spacial score (nSPS) is 23.5. The monoisotopic (exact) mass is 488 g/mol. The molecule has 3 atom stereocenters. The molecule has 12 heteroatoms. The second-order valence-corrected chi connectivity index (χ2v) is 9.39. The van der Waals surface area contributed by atoms with Gasteiger partial charge in [-0.15, -0.1) is 0 Å². The van der Waals surface area contributed by atoms with Crippen molar-refractivity contribution < 1.29 is 18.0 Å². The molecular weight excluding hydrogens is 465 g/mol. The smallest absolute Gasteiger partial charge is 0.392 e. The number of aromatic nitrogens is 4. The fourth-order valence-corrected chi connectivity index (χ4v) is 5.20. The van der Waals surface area contributed by atoms with E-state index in [1.54, 1.807) is 12.1 Å². The molecule has 2 unspecified atom stereocenters. The van der Waals surface area contributed by atoms with Crippen LogP contribution >= 0.6 is 0 Å². The van der Waals surface area contributed by atoms with Crippen molar-refractivity contribution in [2.45, 2.75) is 43.8 Å². The Morgan fingerprint density at radius 3 is 2.57 bits per heavy atom. The number of benzene rings is 1. The zero-order valence-electron chi connectivity index (χ0n) is 18.7. The van der Waals surface area contributed by atoms with Crippen LogP contribution in [-0.4, -0.2) is 31.7 Å². The number of carbonyl (C=O) groups excluding carboxylic acids is 1. The van der Waals surface area contributed by atoms with Crippen LogP contribution in [0.2, 0.25) is 0 Å². The van der Waals surface area contributed by atoms with E-state index in [0.29, 0.717) is 11.3 Å². The van der Waals surface area contributed by atoms with Gasteiger partial charge in [0.05, 0.1) is 5.69 Å². The van der Waals surface area contributed by atoms with Gasteiger partial charge in [-0.25, -0.2) is 4.79 Å². The molecule has 3 aromatic rings. The largest absolute Gasteiger partial charge is 0.435 e. The average molecular weight is 488 g/mol. The molecule has 2 aliphatic rings. The van der Waals surface area contributed by atoms with Crippen LogP contribution in [0.3, 0.4) is 0 Å². The predicted molar refractivity (Wildman–Crippen MR) is 121 cm³/mol. The number of rotatable bonds is 4. The lowest BCUT2D eigenvalue weighted by atomic mass is 9.94. The number of anilines is 1. The van der Waals surface area contributed by atoms with Crippen molar-refractivity contribution in [1.82, 2.24) is 25.1 Å². The van der Waals surface area contributed by atoms with Crippen LogP contribution in [0, 0.1) is 5.41 Å². The van der Waals surface area contributed by atoms with E-state index in [1.807, 2.05) is 17.1 Å². The minimum atomic E-state index is -4.50. The number of alkyl halides is 3. The number of nitrogens with two attached hydrogens (primary N) is 1. The maximum atomic E-state index is 13.0. The molecule has 0 aliphatic heterocycles. The number of nitrogens with zero attached hydrogens (tertiary/aromatic N) is 2. The highest BCUT2D eigenvalue weighted by molar-refractivity contribution is 5.97. The maximum absolute atomic E-state index is 13.0. The molecule has 2 aromatic heterocycles. The van der Waals surface area contributed by atoms with Crippen molar-refractivity contribution in [1.29, 1.82) is 0 Å². The molecule has 2 aliphatic carbocycles. The lowest BCUT2D eigenvalue weighted by Gasteiger charge is -2.13. The third kappa shape index (κ3) is 4.13. The Morgan fingerprint density at radius 2 is 1.91 bits per heavy atom. The number of nitrogen functional groups attached to an aromatic ring is 1. The molecule has 1 spiro atoms. The first kappa shape index (κ1) is 22.9. The quantitative estimate of drug-likeness (QED) is 0.447. The van der Waals surface area contributed by atoms with Crippen LogP contribution in [0.4, 0.5) is 18.9 Å². The molecule has 5 rings (SSSR count). The van der Waals surface area contributed by atoms with Gasteiger partial charge >= 0.3 is 11.9 Å². The summed E-state index contributed by atoms with van der Waals surface area (Å²) in [6, 6.07) is 8.41. The molecular formula is C23H23F3N6O3. The summed E-state index contributed by atoms with van der Waals surface area (Å²) in [6.07, 6.45) is -1.04. The summed E-state index contributed by atoms with van der Waals surface area (Å²) < 4.78 is 40.1. The second-order valence-electron chi connectivity index (χ2n) is 9.39. The van der Waals surface area contributed by atoms with Crippen LogP contribution in [-0.2, 0) is 13.2 Å². The lowest BCUT2D eigenvalue weighted by Crippen LogP contribution is -2.35. The summed E-state index contributed by atoms with van der Waals surface area (Å²) in [5.41, 5.74) is 4.59. The highest BCUT2D eigenvalue weighted by Gasteiger charge is 2.58. The van der Waals surface area contributed by atoms with Gasteiger partial charge in [0.15, 0.2) is 5.69 Å². The number of H-pyrrole nitrogens is 2. The molecule has 0 bridgehead atoms. The highest BCUT2D eigenvalue weighted by atomic mass is 19.4. The van der Waals surface area contributed by atoms with Crippen LogP contribution in [0.15, 0.2) is 39.9 Å². The van der Waals surface area contributed by atoms with E-state index in [-0.39, 0.29) is 28.8 Å². The van der Waals surface area contributed by atoms with Crippen LogP contribution in [0.25, 0.3) is 11.3 Å². The van der Waals surface area contributed by atoms with E-state index in [4.69, 9.17) is 5.73 Å². The van der Waals surface area contributed by atoms with E-state index in [0.717, 1.165) is 37.3 Å². The van der Waals surface area contributed by atoms with E-state index >= 15 is 0 Å². The second kappa shape index (κ2) is 7.85. The molecule has 9 nitrogen and oxygen atoms in total. The molecule has 0 saturated heterocycles. The lowest BCUT2D eigenvalue weighted by molar-refractivity contribution is -0.141. The third-order valence-electron chi connectivity index (χ3n) is 7.19. The molecule has 2 heterocycles. The number of nitrogens with one attached hydrogen (secondary N) is 3. The van der Waals surface area contributed by atoms with Gasteiger partial charge in [0.1, 0.15) is 11.4 Å². The number of hydrogen-bond donors (Lipinski definition) is 4. The van der Waals surface area contributed by atoms with Gasteiger partial charge in [0, 0.05) is 13.1 Å². The van der Waals surface area contributed by atoms with Gasteiger partial charge in [-0.3, -0.25) is 19.3 Å². The molecule has 5 N–H and O–H groups in total. The number of carbonyl (C=O) groups is 1. The zero-order chi connectivity index (χ0) is 25.1. The predicted octanol–water partition coefficient (Wildman–Crippen LogP) is 2.52. The van der Waals surface area contributed by atoms with Gasteiger partial charge in [-0.2, -0.15) is 18.3 Å². The van der Waals surface area contributed by atoms with Crippen molar-refractivity contribution in [3.63, 3.8) is 0 Å². The minimum Gasteiger partial charge on any atom is -0.392 e.